The Kier molecular flexibility index (Phi) is 2.94. The molecule has 0 saturated heterocycles. The third kappa shape index (κ3) is 2.22. The fourth-order valence-electron chi connectivity index (χ4n) is 0.813. The number of hydrogen-bond acceptors (Lipinski definition) is 2. The van der Waals surface area contributed by atoms with Crippen LogP contribution in [0.2, 0.25) is 0 Å². The van der Waals surface area contributed by atoms with Crippen molar-refractivity contribution in [2.45, 2.75) is 6.54 Å². The van der Waals surface area contributed by atoms with Crippen LogP contribution in [0, 0.1) is 0 Å². The summed E-state index contributed by atoms with van der Waals surface area (Å²) in [5.41, 5.74) is 7.11. The number of halogens is 1. The van der Waals surface area contributed by atoms with Crippen molar-refractivity contribution < 1.29 is 5.02 Å². The normalized spacial score (nSPS) is 9.73. The quantitative estimate of drug-likeness (QED) is 0.616. The molecule has 3 N–H and O–H groups in total. The molecule has 0 spiro atoms. The number of nitrogens with two attached hydrogens (primary N) is 1. The lowest BCUT2D eigenvalue weighted by atomic mass is 9.86. The van der Waals surface area contributed by atoms with Gasteiger partial charge in [-0.25, -0.2) is 0 Å². The minimum atomic E-state index is -0.915. The molecule has 0 radical (unpaired) electrons. The van der Waals surface area contributed by atoms with Crippen LogP contribution in [0.5, 0.6) is 0 Å². The molecule has 0 aliphatic carbocycles. The molecule has 0 unspecified atom stereocenters. The molecule has 0 aromatic heterocycles. The Morgan fingerprint density at radius 3 is 2.27 bits per heavy atom. The zero-order valence-electron chi connectivity index (χ0n) is 6.00. The van der Waals surface area contributed by atoms with E-state index < -0.39 is 6.33 Å². The van der Waals surface area contributed by atoms with Crippen molar-refractivity contribution in [3.63, 3.8) is 0 Å². The minimum Gasteiger partial charge on any atom is -0.434 e. The lowest BCUT2D eigenvalue weighted by Gasteiger charge is -1.99. The van der Waals surface area contributed by atoms with Crippen LogP contribution < -0.4 is 11.2 Å². The Hall–Kier alpha value is -0.505. The summed E-state index contributed by atoms with van der Waals surface area (Å²) < 4.78 is 0. The van der Waals surface area contributed by atoms with E-state index in [2.05, 4.69) is 0 Å². The molecule has 0 atom stereocenters. The largest absolute Gasteiger partial charge is 0.434 e. The molecule has 4 heteroatoms. The summed E-state index contributed by atoms with van der Waals surface area (Å²) >= 11 is 5.42. The zero-order chi connectivity index (χ0) is 8.27. The average molecular weight is 169 g/mol. The maximum absolute atomic E-state index is 8.92. The second kappa shape index (κ2) is 3.76. The Morgan fingerprint density at radius 1 is 1.36 bits per heavy atom. The van der Waals surface area contributed by atoms with Crippen molar-refractivity contribution in [3.05, 3.63) is 29.8 Å². The minimum absolute atomic E-state index is 0.513. The molecule has 1 aromatic carbocycles. The van der Waals surface area contributed by atoms with Crippen LogP contribution in [0.15, 0.2) is 24.3 Å². The van der Waals surface area contributed by atoms with E-state index in [0.29, 0.717) is 12.0 Å². The van der Waals surface area contributed by atoms with Crippen molar-refractivity contribution >= 4 is 23.3 Å². The van der Waals surface area contributed by atoms with Crippen molar-refractivity contribution in [2.75, 3.05) is 0 Å². The number of benzene rings is 1. The SMILES string of the molecule is NCc1ccc(B(O)Cl)cc1. The molecule has 0 aliphatic heterocycles. The first kappa shape index (κ1) is 8.59. The highest BCUT2D eigenvalue weighted by Crippen LogP contribution is 1.96. The Balaban J connectivity index is 2.83. The van der Waals surface area contributed by atoms with Gasteiger partial charge in [-0.3, -0.25) is 0 Å². The summed E-state index contributed by atoms with van der Waals surface area (Å²) in [5, 5.41) is 8.92. The van der Waals surface area contributed by atoms with E-state index in [1.165, 1.54) is 0 Å². The molecule has 58 valence electrons. The lowest BCUT2D eigenvalue weighted by Crippen LogP contribution is -2.23. The Bertz CT molecular complexity index is 224. The van der Waals surface area contributed by atoms with Crippen LogP contribution in [0.3, 0.4) is 0 Å². The molecule has 1 aromatic rings. The zero-order valence-corrected chi connectivity index (χ0v) is 6.75. The predicted octanol–water partition coefficient (Wildman–Crippen LogP) is 0.0716. The molecule has 2 nitrogen and oxygen atoms in total. The van der Waals surface area contributed by atoms with Crippen LogP contribution in [0.4, 0.5) is 0 Å². The van der Waals surface area contributed by atoms with E-state index in [1.807, 2.05) is 12.1 Å². The van der Waals surface area contributed by atoms with Crippen molar-refractivity contribution in [3.8, 4) is 0 Å². The van der Waals surface area contributed by atoms with Crippen molar-refractivity contribution in [1.82, 2.24) is 0 Å². The van der Waals surface area contributed by atoms with Crippen LogP contribution in [-0.2, 0) is 6.54 Å². The molecular formula is C7H9BClNO. The van der Waals surface area contributed by atoms with E-state index in [-0.39, 0.29) is 0 Å². The van der Waals surface area contributed by atoms with E-state index in [4.69, 9.17) is 22.2 Å². The smallest absolute Gasteiger partial charge is 0.431 e. The summed E-state index contributed by atoms with van der Waals surface area (Å²) in [4.78, 5) is 0. The van der Waals surface area contributed by atoms with Gasteiger partial charge in [0, 0.05) is 6.54 Å². The highest BCUT2D eigenvalue weighted by atomic mass is 35.5. The second-order valence-electron chi connectivity index (χ2n) is 2.28. The monoisotopic (exact) mass is 169 g/mol. The van der Waals surface area contributed by atoms with Gasteiger partial charge in [-0.15, -0.1) is 11.5 Å². The maximum Gasteiger partial charge on any atom is 0.431 e. The summed E-state index contributed by atoms with van der Waals surface area (Å²) in [7, 11) is 0. The van der Waals surface area contributed by atoms with E-state index in [1.54, 1.807) is 12.1 Å². The first-order chi connectivity index (χ1) is 5.24. The molecule has 0 amide bonds. The highest BCUT2D eigenvalue weighted by molar-refractivity contribution is 7.09. The molecule has 0 aliphatic rings. The van der Waals surface area contributed by atoms with Gasteiger partial charge < -0.3 is 10.8 Å². The molecule has 0 heterocycles. The van der Waals surface area contributed by atoms with Gasteiger partial charge in [0.05, 0.1) is 0 Å². The van der Waals surface area contributed by atoms with E-state index >= 15 is 0 Å². The highest BCUT2D eigenvalue weighted by Gasteiger charge is 2.08. The molecule has 0 saturated carbocycles. The van der Waals surface area contributed by atoms with Crippen LogP contribution in [-0.4, -0.2) is 11.4 Å². The predicted molar refractivity (Wildman–Crippen MR) is 47.8 cm³/mol. The van der Waals surface area contributed by atoms with Gasteiger partial charge in [0.25, 0.3) is 0 Å². The summed E-state index contributed by atoms with van der Waals surface area (Å²) in [6.45, 7) is 0.513. The standard InChI is InChI=1S/C7H9BClNO/c9-8(11)7-3-1-6(5-10)2-4-7/h1-4,11H,5,10H2. The molecular weight excluding hydrogens is 160 g/mol. The van der Waals surface area contributed by atoms with Gasteiger partial charge in [-0.2, -0.15) is 0 Å². The third-order valence-electron chi connectivity index (χ3n) is 1.49. The van der Waals surface area contributed by atoms with Crippen LogP contribution in [0.25, 0.3) is 0 Å². The first-order valence-corrected chi connectivity index (χ1v) is 3.78. The van der Waals surface area contributed by atoms with E-state index in [9.17, 15) is 0 Å². The van der Waals surface area contributed by atoms with Crippen molar-refractivity contribution in [2.24, 2.45) is 5.73 Å². The average Bonchev–Trinajstić information content (AvgIpc) is 2.05. The lowest BCUT2D eigenvalue weighted by molar-refractivity contribution is 0.607. The van der Waals surface area contributed by atoms with Gasteiger partial charge in [0.15, 0.2) is 0 Å². The van der Waals surface area contributed by atoms with E-state index in [0.717, 1.165) is 5.56 Å². The molecule has 0 bridgehead atoms. The van der Waals surface area contributed by atoms with Crippen LogP contribution >= 0.6 is 11.5 Å². The fraction of sp³-hybridized carbons (Fsp3) is 0.143. The summed E-state index contributed by atoms with van der Waals surface area (Å²) in [6, 6.07) is 7.22. The third-order valence-corrected chi connectivity index (χ3v) is 1.74. The Morgan fingerprint density at radius 2 is 1.91 bits per heavy atom. The van der Waals surface area contributed by atoms with Gasteiger partial charge >= 0.3 is 6.33 Å². The van der Waals surface area contributed by atoms with Gasteiger partial charge in [0.2, 0.25) is 0 Å². The summed E-state index contributed by atoms with van der Waals surface area (Å²) in [5.74, 6) is 0. The topological polar surface area (TPSA) is 46.2 Å². The number of hydrogen-bond donors (Lipinski definition) is 2. The van der Waals surface area contributed by atoms with Crippen LogP contribution in [0.1, 0.15) is 5.56 Å². The first-order valence-electron chi connectivity index (χ1n) is 3.35. The Labute approximate surface area is 71.0 Å². The fourth-order valence-corrected chi connectivity index (χ4v) is 0.958. The summed E-state index contributed by atoms with van der Waals surface area (Å²) in [6.07, 6.45) is -0.915. The van der Waals surface area contributed by atoms with Gasteiger partial charge in [-0.1, -0.05) is 24.3 Å². The molecule has 1 rings (SSSR count). The second-order valence-corrected chi connectivity index (χ2v) is 2.69. The van der Waals surface area contributed by atoms with Gasteiger partial charge in [0.1, 0.15) is 0 Å². The van der Waals surface area contributed by atoms with Crippen molar-refractivity contribution in [1.29, 1.82) is 0 Å². The maximum atomic E-state index is 8.92. The van der Waals surface area contributed by atoms with Gasteiger partial charge in [-0.05, 0) is 11.0 Å². The number of rotatable bonds is 2. The molecule has 0 fully saturated rings. The molecule has 11 heavy (non-hydrogen) atoms.